The lowest BCUT2D eigenvalue weighted by atomic mass is 10.3. The Labute approximate surface area is 153 Å². The van der Waals surface area contributed by atoms with Crippen LogP contribution in [0.25, 0.3) is 0 Å². The Morgan fingerprint density at radius 1 is 1.12 bits per heavy atom. The van der Waals surface area contributed by atoms with Gasteiger partial charge in [0.25, 0.3) is 0 Å². The van der Waals surface area contributed by atoms with Gasteiger partial charge in [0, 0.05) is 11.4 Å². The number of benzene rings is 2. The monoisotopic (exact) mass is 362 g/mol. The molecule has 25 heavy (non-hydrogen) atoms. The summed E-state index contributed by atoms with van der Waals surface area (Å²) >= 11 is 6.04. The number of methoxy groups -OCH3 is 1. The second-order valence-corrected chi connectivity index (χ2v) is 5.88. The highest BCUT2D eigenvalue weighted by atomic mass is 35.5. The summed E-state index contributed by atoms with van der Waals surface area (Å²) in [5, 5.41) is 6.31. The molecule has 0 radical (unpaired) electrons. The first kappa shape index (κ1) is 18.9. The molecule has 0 aromatic heterocycles. The Kier molecular flexibility index (Phi) is 7.41. The lowest BCUT2D eigenvalue weighted by Gasteiger charge is -2.10. The minimum Gasteiger partial charge on any atom is -0.495 e. The molecule has 0 aliphatic heterocycles. The average Bonchev–Trinajstić information content (AvgIpc) is 2.61. The molecule has 0 saturated heterocycles. The van der Waals surface area contributed by atoms with Gasteiger partial charge in [0.2, 0.25) is 5.91 Å². The minimum absolute atomic E-state index is 0.152. The number of anilines is 2. The summed E-state index contributed by atoms with van der Waals surface area (Å²) in [7, 11) is 1.55. The van der Waals surface area contributed by atoms with Crippen LogP contribution in [0.4, 0.5) is 11.4 Å². The smallest absolute Gasteiger partial charge is 0.243 e. The molecule has 134 valence electrons. The van der Waals surface area contributed by atoms with Crippen molar-refractivity contribution in [1.82, 2.24) is 0 Å². The number of hydrogen-bond acceptors (Lipinski definition) is 4. The van der Waals surface area contributed by atoms with E-state index < -0.39 is 0 Å². The molecule has 2 aromatic rings. The van der Waals surface area contributed by atoms with E-state index in [0.717, 1.165) is 30.9 Å². The Morgan fingerprint density at radius 3 is 2.48 bits per heavy atom. The summed E-state index contributed by atoms with van der Waals surface area (Å²) in [6, 6.07) is 12.7. The Morgan fingerprint density at radius 2 is 1.84 bits per heavy atom. The summed E-state index contributed by atoms with van der Waals surface area (Å²) in [6.07, 6.45) is 2.14. The number of carbonyl (C=O) groups is 1. The molecule has 2 aromatic carbocycles. The van der Waals surface area contributed by atoms with E-state index in [1.807, 2.05) is 24.3 Å². The number of halogens is 1. The summed E-state index contributed by atoms with van der Waals surface area (Å²) in [5.74, 6) is 1.24. The molecule has 6 heteroatoms. The van der Waals surface area contributed by atoms with Crippen LogP contribution in [-0.4, -0.2) is 26.2 Å². The molecule has 2 rings (SSSR count). The number of unbranched alkanes of at least 4 members (excludes halogenated alkanes) is 1. The van der Waals surface area contributed by atoms with E-state index >= 15 is 0 Å². The molecule has 0 atom stereocenters. The molecule has 0 heterocycles. The van der Waals surface area contributed by atoms with Crippen LogP contribution in [0.1, 0.15) is 19.8 Å². The molecule has 2 N–H and O–H groups in total. The molecular formula is C19H23ClN2O3. The zero-order chi connectivity index (χ0) is 18.1. The van der Waals surface area contributed by atoms with E-state index in [1.54, 1.807) is 25.3 Å². The van der Waals surface area contributed by atoms with Crippen LogP contribution in [0.5, 0.6) is 11.5 Å². The van der Waals surface area contributed by atoms with Gasteiger partial charge in [0.05, 0.1) is 25.3 Å². The maximum Gasteiger partial charge on any atom is 0.243 e. The Hall–Kier alpha value is -2.40. The SMILES string of the molecule is CCCCOc1ccc(NCC(=O)Nc2ccc(OC)c(Cl)c2)cc1. The van der Waals surface area contributed by atoms with Gasteiger partial charge in [-0.3, -0.25) is 4.79 Å². The second-order valence-electron chi connectivity index (χ2n) is 5.48. The van der Waals surface area contributed by atoms with Crippen molar-refractivity contribution in [3.8, 4) is 11.5 Å². The number of hydrogen-bond donors (Lipinski definition) is 2. The van der Waals surface area contributed by atoms with Crippen molar-refractivity contribution in [2.24, 2.45) is 0 Å². The van der Waals surface area contributed by atoms with Gasteiger partial charge in [-0.2, -0.15) is 0 Å². The molecule has 0 unspecified atom stereocenters. The van der Waals surface area contributed by atoms with Gasteiger partial charge in [-0.1, -0.05) is 24.9 Å². The van der Waals surface area contributed by atoms with Crippen LogP contribution in [0, 0.1) is 0 Å². The molecule has 0 aliphatic carbocycles. The zero-order valence-corrected chi connectivity index (χ0v) is 15.2. The largest absolute Gasteiger partial charge is 0.495 e. The quantitative estimate of drug-likeness (QED) is 0.641. The second kappa shape index (κ2) is 9.79. The van der Waals surface area contributed by atoms with E-state index in [9.17, 15) is 4.79 Å². The van der Waals surface area contributed by atoms with Gasteiger partial charge < -0.3 is 20.1 Å². The summed E-state index contributed by atoms with van der Waals surface area (Å²) < 4.78 is 10.7. The van der Waals surface area contributed by atoms with E-state index in [2.05, 4.69) is 17.6 Å². The maximum atomic E-state index is 12.0. The van der Waals surface area contributed by atoms with Crippen LogP contribution in [0.15, 0.2) is 42.5 Å². The minimum atomic E-state index is -0.162. The molecule has 0 saturated carbocycles. The highest BCUT2D eigenvalue weighted by Gasteiger charge is 2.06. The number of carbonyl (C=O) groups excluding carboxylic acids is 1. The molecule has 0 aliphatic rings. The van der Waals surface area contributed by atoms with Crippen molar-refractivity contribution in [1.29, 1.82) is 0 Å². The number of ether oxygens (including phenoxy) is 2. The zero-order valence-electron chi connectivity index (χ0n) is 14.5. The predicted molar refractivity (Wildman–Crippen MR) is 102 cm³/mol. The number of amides is 1. The highest BCUT2D eigenvalue weighted by molar-refractivity contribution is 6.32. The van der Waals surface area contributed by atoms with Crippen molar-refractivity contribution in [2.45, 2.75) is 19.8 Å². The number of nitrogens with one attached hydrogen (secondary N) is 2. The topological polar surface area (TPSA) is 59.6 Å². The lowest BCUT2D eigenvalue weighted by Crippen LogP contribution is -2.21. The van der Waals surface area contributed by atoms with E-state index in [0.29, 0.717) is 16.5 Å². The fourth-order valence-electron chi connectivity index (χ4n) is 2.14. The normalized spacial score (nSPS) is 10.2. The van der Waals surface area contributed by atoms with Gasteiger partial charge >= 0.3 is 0 Å². The van der Waals surface area contributed by atoms with E-state index in [1.165, 1.54) is 0 Å². The molecule has 0 spiro atoms. The standard InChI is InChI=1S/C19H23ClN2O3/c1-3-4-11-25-16-8-5-14(6-9-16)21-13-19(23)22-15-7-10-18(24-2)17(20)12-15/h5-10,12,21H,3-4,11,13H2,1-2H3,(H,22,23). The van der Waals surface area contributed by atoms with Crippen molar-refractivity contribution >= 4 is 28.9 Å². The van der Waals surface area contributed by atoms with Crippen molar-refractivity contribution in [2.75, 3.05) is 30.9 Å². The van der Waals surface area contributed by atoms with Crippen molar-refractivity contribution < 1.29 is 14.3 Å². The summed E-state index contributed by atoms with van der Waals surface area (Å²) in [6.45, 7) is 3.00. The summed E-state index contributed by atoms with van der Waals surface area (Å²) in [5.41, 5.74) is 1.48. The predicted octanol–water partition coefficient (Wildman–Crippen LogP) is 4.58. The fourth-order valence-corrected chi connectivity index (χ4v) is 2.39. The third-order valence-electron chi connectivity index (χ3n) is 3.51. The third kappa shape index (κ3) is 6.19. The molecule has 0 bridgehead atoms. The van der Waals surface area contributed by atoms with Gasteiger partial charge in [0.1, 0.15) is 11.5 Å². The van der Waals surface area contributed by atoms with Crippen molar-refractivity contribution in [3.05, 3.63) is 47.5 Å². The van der Waals surface area contributed by atoms with Gasteiger partial charge in [-0.15, -0.1) is 0 Å². The van der Waals surface area contributed by atoms with E-state index in [-0.39, 0.29) is 12.5 Å². The van der Waals surface area contributed by atoms with Crippen LogP contribution in [-0.2, 0) is 4.79 Å². The fraction of sp³-hybridized carbons (Fsp3) is 0.316. The molecule has 0 fully saturated rings. The van der Waals surface area contributed by atoms with Crippen LogP contribution in [0.2, 0.25) is 5.02 Å². The van der Waals surface area contributed by atoms with Crippen molar-refractivity contribution in [3.63, 3.8) is 0 Å². The van der Waals surface area contributed by atoms with Crippen LogP contribution < -0.4 is 20.1 Å². The maximum absolute atomic E-state index is 12.0. The molecular weight excluding hydrogens is 340 g/mol. The van der Waals surface area contributed by atoms with Crippen LogP contribution >= 0.6 is 11.6 Å². The van der Waals surface area contributed by atoms with Gasteiger partial charge in [0.15, 0.2) is 0 Å². The van der Waals surface area contributed by atoms with Gasteiger partial charge in [-0.05, 0) is 48.9 Å². The molecule has 1 amide bonds. The number of rotatable bonds is 9. The Balaban J connectivity index is 1.80. The lowest BCUT2D eigenvalue weighted by molar-refractivity contribution is -0.114. The first-order chi connectivity index (χ1) is 12.1. The van der Waals surface area contributed by atoms with Gasteiger partial charge in [-0.25, -0.2) is 0 Å². The molecule has 5 nitrogen and oxygen atoms in total. The Bertz CT molecular complexity index is 690. The first-order valence-corrected chi connectivity index (χ1v) is 8.60. The van der Waals surface area contributed by atoms with E-state index in [4.69, 9.17) is 21.1 Å². The third-order valence-corrected chi connectivity index (χ3v) is 3.80. The highest BCUT2D eigenvalue weighted by Crippen LogP contribution is 2.27. The average molecular weight is 363 g/mol. The summed E-state index contributed by atoms with van der Waals surface area (Å²) in [4.78, 5) is 12.0. The van der Waals surface area contributed by atoms with Crippen LogP contribution in [0.3, 0.4) is 0 Å². The first-order valence-electron chi connectivity index (χ1n) is 8.22.